The van der Waals surface area contributed by atoms with Crippen LogP contribution in [0.25, 0.3) is 0 Å². The number of imidazole rings is 1. The lowest BCUT2D eigenvalue weighted by Gasteiger charge is -2.21. The van der Waals surface area contributed by atoms with Gasteiger partial charge in [-0.25, -0.2) is 4.98 Å². The molecule has 1 fully saturated rings. The second-order valence-corrected chi connectivity index (χ2v) is 5.52. The highest BCUT2D eigenvalue weighted by Gasteiger charge is 2.20. The standard InChI is InChI=1S/C13H22N4/c14-11-3-4-13-16-12(9-17(13)8-11)6-10-2-1-5-15-7-10/h9-11,15H,1-8,14H2. The lowest BCUT2D eigenvalue weighted by Crippen LogP contribution is -2.31. The van der Waals surface area contributed by atoms with Crippen molar-refractivity contribution in [3.63, 3.8) is 0 Å². The van der Waals surface area contributed by atoms with E-state index < -0.39 is 0 Å². The van der Waals surface area contributed by atoms with Crippen molar-refractivity contribution in [3.8, 4) is 0 Å². The molecule has 0 amide bonds. The minimum absolute atomic E-state index is 0.320. The van der Waals surface area contributed by atoms with Crippen LogP contribution in [0.3, 0.4) is 0 Å². The highest BCUT2D eigenvalue weighted by molar-refractivity contribution is 5.08. The normalized spacial score (nSPS) is 29.0. The summed E-state index contributed by atoms with van der Waals surface area (Å²) in [6, 6.07) is 0.320. The van der Waals surface area contributed by atoms with Crippen LogP contribution in [0.1, 0.15) is 30.8 Å². The fourth-order valence-corrected chi connectivity index (χ4v) is 3.02. The Kier molecular flexibility index (Phi) is 3.16. The van der Waals surface area contributed by atoms with Crippen molar-refractivity contribution >= 4 is 0 Å². The maximum absolute atomic E-state index is 5.98. The molecule has 0 radical (unpaired) electrons. The van der Waals surface area contributed by atoms with Gasteiger partial charge < -0.3 is 15.6 Å². The summed E-state index contributed by atoms with van der Waals surface area (Å²) < 4.78 is 2.26. The van der Waals surface area contributed by atoms with Crippen LogP contribution in [0, 0.1) is 5.92 Å². The van der Waals surface area contributed by atoms with Gasteiger partial charge in [0.25, 0.3) is 0 Å². The number of aryl methyl sites for hydroxylation is 1. The minimum atomic E-state index is 0.320. The first-order chi connectivity index (χ1) is 8.31. The van der Waals surface area contributed by atoms with Crippen molar-refractivity contribution in [1.82, 2.24) is 14.9 Å². The van der Waals surface area contributed by atoms with Crippen molar-refractivity contribution in [1.29, 1.82) is 0 Å². The first-order valence-electron chi connectivity index (χ1n) is 6.82. The summed E-state index contributed by atoms with van der Waals surface area (Å²) in [5, 5.41) is 3.47. The van der Waals surface area contributed by atoms with Crippen LogP contribution in [0.5, 0.6) is 0 Å². The number of hydrogen-bond donors (Lipinski definition) is 2. The number of nitrogens with one attached hydrogen (secondary N) is 1. The van der Waals surface area contributed by atoms with E-state index in [-0.39, 0.29) is 0 Å². The van der Waals surface area contributed by atoms with Gasteiger partial charge in [0.2, 0.25) is 0 Å². The van der Waals surface area contributed by atoms with E-state index in [1.807, 2.05) is 0 Å². The van der Waals surface area contributed by atoms with E-state index in [9.17, 15) is 0 Å². The topological polar surface area (TPSA) is 55.9 Å². The van der Waals surface area contributed by atoms with Crippen molar-refractivity contribution in [2.45, 2.75) is 44.7 Å². The Labute approximate surface area is 103 Å². The Hall–Kier alpha value is -0.870. The Balaban J connectivity index is 1.67. The second kappa shape index (κ2) is 4.78. The minimum Gasteiger partial charge on any atom is -0.333 e. The highest BCUT2D eigenvalue weighted by Crippen LogP contribution is 2.19. The summed E-state index contributed by atoms with van der Waals surface area (Å²) in [6.07, 6.45) is 8.13. The monoisotopic (exact) mass is 234 g/mol. The molecule has 3 heterocycles. The van der Waals surface area contributed by atoms with Gasteiger partial charge in [0.1, 0.15) is 5.82 Å². The van der Waals surface area contributed by atoms with E-state index in [1.165, 1.54) is 30.9 Å². The van der Waals surface area contributed by atoms with Gasteiger partial charge in [0.15, 0.2) is 0 Å². The Bertz CT molecular complexity index is 379. The smallest absolute Gasteiger partial charge is 0.109 e. The van der Waals surface area contributed by atoms with Gasteiger partial charge >= 0.3 is 0 Å². The number of aromatic nitrogens is 2. The molecule has 3 rings (SSSR count). The van der Waals surface area contributed by atoms with E-state index in [1.54, 1.807) is 0 Å². The fourth-order valence-electron chi connectivity index (χ4n) is 3.02. The maximum Gasteiger partial charge on any atom is 0.109 e. The van der Waals surface area contributed by atoms with Gasteiger partial charge in [-0.1, -0.05) is 0 Å². The summed E-state index contributed by atoms with van der Waals surface area (Å²) in [5.41, 5.74) is 7.25. The lowest BCUT2D eigenvalue weighted by molar-refractivity contribution is 0.374. The van der Waals surface area contributed by atoms with Crippen LogP contribution in [-0.2, 0) is 19.4 Å². The lowest BCUT2D eigenvalue weighted by atomic mass is 9.95. The Morgan fingerprint density at radius 3 is 3.24 bits per heavy atom. The molecule has 1 aromatic heterocycles. The molecule has 2 unspecified atom stereocenters. The van der Waals surface area contributed by atoms with Crippen molar-refractivity contribution in [2.24, 2.45) is 11.7 Å². The summed E-state index contributed by atoms with van der Waals surface area (Å²) in [4.78, 5) is 4.76. The maximum atomic E-state index is 5.98. The third-order valence-corrected chi connectivity index (χ3v) is 3.98. The molecule has 0 aliphatic carbocycles. The molecule has 0 saturated carbocycles. The van der Waals surface area contributed by atoms with Gasteiger partial charge in [-0.15, -0.1) is 0 Å². The fraction of sp³-hybridized carbons (Fsp3) is 0.769. The predicted octanol–water partition coefficient (Wildman–Crippen LogP) is 0.699. The molecule has 4 heteroatoms. The zero-order valence-electron chi connectivity index (χ0n) is 10.4. The van der Waals surface area contributed by atoms with Crippen molar-refractivity contribution in [2.75, 3.05) is 13.1 Å². The number of nitrogens with zero attached hydrogens (tertiary/aromatic N) is 2. The average Bonchev–Trinajstić information content (AvgIpc) is 2.71. The van der Waals surface area contributed by atoms with E-state index in [2.05, 4.69) is 16.1 Å². The Morgan fingerprint density at radius 1 is 1.47 bits per heavy atom. The van der Waals surface area contributed by atoms with Gasteiger partial charge in [0.05, 0.1) is 5.69 Å². The summed E-state index contributed by atoms with van der Waals surface area (Å²) >= 11 is 0. The number of nitrogens with two attached hydrogens (primary N) is 1. The van der Waals surface area contributed by atoms with Gasteiger partial charge in [-0.2, -0.15) is 0 Å². The average molecular weight is 234 g/mol. The van der Waals surface area contributed by atoms with Crippen LogP contribution in [-0.4, -0.2) is 28.7 Å². The molecular weight excluding hydrogens is 212 g/mol. The van der Waals surface area contributed by atoms with Crippen LogP contribution in [0.15, 0.2) is 6.20 Å². The molecule has 1 saturated heterocycles. The largest absolute Gasteiger partial charge is 0.333 e. The third-order valence-electron chi connectivity index (χ3n) is 3.98. The quantitative estimate of drug-likeness (QED) is 0.792. The number of piperidine rings is 1. The number of rotatable bonds is 2. The first-order valence-corrected chi connectivity index (χ1v) is 6.82. The van der Waals surface area contributed by atoms with Gasteiger partial charge in [-0.3, -0.25) is 0 Å². The van der Waals surface area contributed by atoms with Crippen LogP contribution in [0.2, 0.25) is 0 Å². The van der Waals surface area contributed by atoms with Crippen LogP contribution < -0.4 is 11.1 Å². The molecule has 94 valence electrons. The van der Waals surface area contributed by atoms with Gasteiger partial charge in [-0.05, 0) is 44.7 Å². The molecule has 3 N–H and O–H groups in total. The molecule has 4 nitrogen and oxygen atoms in total. The molecule has 17 heavy (non-hydrogen) atoms. The Morgan fingerprint density at radius 2 is 2.41 bits per heavy atom. The first kappa shape index (κ1) is 11.2. The molecule has 1 aromatic rings. The molecule has 2 aliphatic heterocycles. The summed E-state index contributed by atoms with van der Waals surface area (Å²) in [7, 11) is 0. The van der Waals surface area contributed by atoms with E-state index in [4.69, 9.17) is 10.7 Å². The van der Waals surface area contributed by atoms with Crippen LogP contribution in [0.4, 0.5) is 0 Å². The second-order valence-electron chi connectivity index (χ2n) is 5.52. The van der Waals surface area contributed by atoms with Crippen molar-refractivity contribution in [3.05, 3.63) is 17.7 Å². The number of fused-ring (bicyclic) bond motifs is 1. The summed E-state index contributed by atoms with van der Waals surface area (Å²) in [5.74, 6) is 2.01. The number of hydrogen-bond acceptors (Lipinski definition) is 3. The molecular formula is C13H22N4. The molecule has 0 aromatic carbocycles. The zero-order chi connectivity index (χ0) is 11.7. The molecule has 0 bridgehead atoms. The zero-order valence-corrected chi connectivity index (χ0v) is 10.4. The summed E-state index contributed by atoms with van der Waals surface area (Å²) in [6.45, 7) is 3.29. The van der Waals surface area contributed by atoms with Crippen LogP contribution >= 0.6 is 0 Å². The third kappa shape index (κ3) is 2.53. The highest BCUT2D eigenvalue weighted by atomic mass is 15.1. The van der Waals surface area contributed by atoms with E-state index >= 15 is 0 Å². The molecule has 2 aliphatic rings. The van der Waals surface area contributed by atoms with E-state index in [0.717, 1.165) is 38.3 Å². The SMILES string of the molecule is NC1CCc2nc(CC3CCCNC3)cn2C1. The predicted molar refractivity (Wildman–Crippen MR) is 67.8 cm³/mol. The van der Waals surface area contributed by atoms with Gasteiger partial charge in [0, 0.05) is 25.2 Å². The van der Waals surface area contributed by atoms with Crippen molar-refractivity contribution < 1.29 is 0 Å². The van der Waals surface area contributed by atoms with E-state index in [0.29, 0.717) is 6.04 Å². The molecule has 0 spiro atoms. The molecule has 2 atom stereocenters.